The first-order chi connectivity index (χ1) is 13.7. The standard InChI is InChI=1S/C27H57P/c1-7-13-16-19-22-25(10-4)28(26(11-5)23-20-17-14-8-2)27(12-6)24-21-18-15-9-3/h25-27H,7-24H2,1-6H3. The summed E-state index contributed by atoms with van der Waals surface area (Å²) in [6.07, 6.45) is 26.2. The van der Waals surface area contributed by atoms with Gasteiger partial charge in [0.1, 0.15) is 0 Å². The Morgan fingerprint density at radius 1 is 0.393 bits per heavy atom. The van der Waals surface area contributed by atoms with Gasteiger partial charge in [-0.2, -0.15) is 0 Å². The van der Waals surface area contributed by atoms with Gasteiger partial charge in [0.25, 0.3) is 0 Å². The summed E-state index contributed by atoms with van der Waals surface area (Å²) in [6, 6.07) is 0. The molecular weight excluding hydrogens is 355 g/mol. The van der Waals surface area contributed by atoms with Crippen molar-refractivity contribution in [2.24, 2.45) is 0 Å². The van der Waals surface area contributed by atoms with Gasteiger partial charge in [0.2, 0.25) is 0 Å². The predicted molar refractivity (Wildman–Crippen MR) is 135 cm³/mol. The summed E-state index contributed by atoms with van der Waals surface area (Å²) in [5.74, 6) is 0. The van der Waals surface area contributed by atoms with Crippen LogP contribution in [-0.2, 0) is 0 Å². The summed E-state index contributed by atoms with van der Waals surface area (Å²) in [4.78, 5) is 0. The van der Waals surface area contributed by atoms with Crippen LogP contribution in [0.15, 0.2) is 0 Å². The van der Waals surface area contributed by atoms with Crippen molar-refractivity contribution >= 4 is 7.92 Å². The van der Waals surface area contributed by atoms with E-state index in [9.17, 15) is 0 Å². The highest BCUT2D eigenvalue weighted by molar-refractivity contribution is 7.59. The number of hydrogen-bond donors (Lipinski definition) is 0. The second-order valence-electron chi connectivity index (χ2n) is 9.18. The lowest BCUT2D eigenvalue weighted by molar-refractivity contribution is 0.562. The third-order valence-corrected chi connectivity index (χ3v) is 11.3. The molecule has 0 saturated heterocycles. The normalized spacial score (nSPS) is 16.1. The maximum Gasteiger partial charge on any atom is -0.0207 e. The lowest BCUT2D eigenvalue weighted by Gasteiger charge is -2.40. The van der Waals surface area contributed by atoms with Crippen molar-refractivity contribution in [3.8, 4) is 0 Å². The summed E-state index contributed by atoms with van der Waals surface area (Å²) < 4.78 is 0. The molecule has 0 radical (unpaired) electrons. The smallest absolute Gasteiger partial charge is 0.0207 e. The van der Waals surface area contributed by atoms with Crippen LogP contribution in [0.2, 0.25) is 0 Å². The first-order valence-electron chi connectivity index (χ1n) is 13.5. The third kappa shape index (κ3) is 12.9. The van der Waals surface area contributed by atoms with Gasteiger partial charge < -0.3 is 0 Å². The van der Waals surface area contributed by atoms with Crippen molar-refractivity contribution < 1.29 is 0 Å². The van der Waals surface area contributed by atoms with E-state index in [-0.39, 0.29) is 7.92 Å². The van der Waals surface area contributed by atoms with Crippen LogP contribution in [-0.4, -0.2) is 17.0 Å². The number of rotatable bonds is 21. The van der Waals surface area contributed by atoms with Crippen LogP contribution < -0.4 is 0 Å². The molecule has 0 N–H and O–H groups in total. The Balaban J connectivity index is 5.08. The molecule has 0 aliphatic carbocycles. The second-order valence-corrected chi connectivity index (χ2v) is 12.3. The molecule has 28 heavy (non-hydrogen) atoms. The molecule has 0 saturated carbocycles. The van der Waals surface area contributed by atoms with Crippen LogP contribution in [0.4, 0.5) is 0 Å². The Morgan fingerprint density at radius 2 is 0.679 bits per heavy atom. The number of hydrogen-bond acceptors (Lipinski definition) is 0. The SMILES string of the molecule is CCCCCCC(CC)P(C(CC)CCCCCC)C(CC)CCCCCC. The van der Waals surface area contributed by atoms with E-state index >= 15 is 0 Å². The average molecular weight is 413 g/mol. The molecule has 0 amide bonds. The summed E-state index contributed by atoms with van der Waals surface area (Å²) in [5.41, 5.74) is 3.12. The molecule has 0 nitrogen and oxygen atoms in total. The van der Waals surface area contributed by atoms with E-state index in [0.29, 0.717) is 0 Å². The van der Waals surface area contributed by atoms with Crippen LogP contribution in [0, 0.1) is 0 Å². The van der Waals surface area contributed by atoms with Crippen LogP contribution in [0.3, 0.4) is 0 Å². The molecule has 0 aromatic rings. The van der Waals surface area contributed by atoms with E-state index in [0.717, 1.165) is 17.0 Å². The molecule has 3 atom stereocenters. The molecule has 0 rings (SSSR count). The van der Waals surface area contributed by atoms with Crippen molar-refractivity contribution in [3.05, 3.63) is 0 Å². The minimum absolute atomic E-state index is 0.186. The highest BCUT2D eigenvalue weighted by Crippen LogP contribution is 2.58. The molecule has 0 aliphatic heterocycles. The fourth-order valence-corrected chi connectivity index (χ4v) is 9.50. The van der Waals surface area contributed by atoms with Crippen molar-refractivity contribution in [2.45, 2.75) is 174 Å². The van der Waals surface area contributed by atoms with E-state index in [4.69, 9.17) is 0 Å². The Kier molecular flexibility index (Phi) is 21.0. The minimum atomic E-state index is 0.186. The lowest BCUT2D eigenvalue weighted by atomic mass is 10.1. The van der Waals surface area contributed by atoms with E-state index in [1.54, 1.807) is 0 Å². The molecule has 1 heteroatoms. The van der Waals surface area contributed by atoms with Gasteiger partial charge in [0.05, 0.1) is 0 Å². The predicted octanol–water partition coefficient (Wildman–Crippen LogP) is 10.7. The number of unbranched alkanes of at least 4 members (excludes halogenated alkanes) is 9. The van der Waals surface area contributed by atoms with Gasteiger partial charge in [-0.3, -0.25) is 0 Å². The summed E-state index contributed by atoms with van der Waals surface area (Å²) in [5, 5.41) is 0. The molecule has 0 spiro atoms. The van der Waals surface area contributed by atoms with Crippen LogP contribution >= 0.6 is 7.92 Å². The maximum absolute atomic E-state index is 2.51. The zero-order valence-electron chi connectivity index (χ0n) is 20.9. The van der Waals surface area contributed by atoms with Crippen molar-refractivity contribution in [2.75, 3.05) is 0 Å². The molecule has 170 valence electrons. The molecule has 3 unspecified atom stereocenters. The van der Waals surface area contributed by atoms with Crippen molar-refractivity contribution in [1.82, 2.24) is 0 Å². The Labute approximate surface area is 182 Å². The Morgan fingerprint density at radius 3 is 0.893 bits per heavy atom. The van der Waals surface area contributed by atoms with Gasteiger partial charge in [-0.25, -0.2) is 0 Å². The summed E-state index contributed by atoms with van der Waals surface area (Å²) >= 11 is 0. The molecule has 0 aromatic heterocycles. The third-order valence-electron chi connectivity index (χ3n) is 6.85. The Hall–Kier alpha value is 0.430. The van der Waals surface area contributed by atoms with Gasteiger partial charge in [0.15, 0.2) is 0 Å². The van der Waals surface area contributed by atoms with E-state index in [2.05, 4.69) is 41.5 Å². The Bertz CT molecular complexity index is 253. The van der Waals surface area contributed by atoms with Gasteiger partial charge in [-0.1, -0.05) is 127 Å². The van der Waals surface area contributed by atoms with Crippen molar-refractivity contribution in [1.29, 1.82) is 0 Å². The molecular formula is C27H57P. The van der Waals surface area contributed by atoms with Gasteiger partial charge in [-0.15, -0.1) is 0 Å². The van der Waals surface area contributed by atoms with E-state index in [1.807, 2.05) is 0 Å². The molecule has 0 aromatic carbocycles. The van der Waals surface area contributed by atoms with E-state index < -0.39 is 0 Å². The first-order valence-corrected chi connectivity index (χ1v) is 15.0. The lowest BCUT2D eigenvalue weighted by Crippen LogP contribution is -2.23. The highest BCUT2D eigenvalue weighted by Gasteiger charge is 2.32. The van der Waals surface area contributed by atoms with Crippen LogP contribution in [0.1, 0.15) is 157 Å². The maximum atomic E-state index is 2.51. The van der Waals surface area contributed by atoms with Crippen molar-refractivity contribution in [3.63, 3.8) is 0 Å². The monoisotopic (exact) mass is 412 g/mol. The van der Waals surface area contributed by atoms with Crippen LogP contribution in [0.5, 0.6) is 0 Å². The van der Waals surface area contributed by atoms with E-state index in [1.165, 1.54) is 116 Å². The zero-order valence-corrected chi connectivity index (χ0v) is 21.8. The fourth-order valence-electron chi connectivity index (χ4n) is 5.01. The first kappa shape index (κ1) is 28.4. The molecule has 0 aliphatic rings. The zero-order chi connectivity index (χ0) is 21.0. The van der Waals surface area contributed by atoms with Gasteiger partial charge in [-0.05, 0) is 55.5 Å². The molecule has 0 heterocycles. The van der Waals surface area contributed by atoms with Gasteiger partial charge in [0, 0.05) is 0 Å². The summed E-state index contributed by atoms with van der Waals surface area (Å²) in [7, 11) is 0.186. The molecule has 0 fully saturated rings. The average Bonchev–Trinajstić information content (AvgIpc) is 2.72. The fraction of sp³-hybridized carbons (Fsp3) is 1.00. The highest BCUT2D eigenvalue weighted by atomic mass is 31.1. The second kappa shape index (κ2) is 20.7. The quantitative estimate of drug-likeness (QED) is 0.130. The van der Waals surface area contributed by atoms with Gasteiger partial charge >= 0.3 is 0 Å². The topological polar surface area (TPSA) is 0 Å². The van der Waals surface area contributed by atoms with Crippen LogP contribution in [0.25, 0.3) is 0 Å². The minimum Gasteiger partial charge on any atom is -0.0972 e. The largest absolute Gasteiger partial charge is 0.0972 e. The summed E-state index contributed by atoms with van der Waals surface area (Å²) in [6.45, 7) is 14.6. The molecule has 0 bridgehead atoms.